The molecule has 3 rings (SSSR count). The Morgan fingerprint density at radius 3 is 2.64 bits per heavy atom. The Kier molecular flexibility index (Phi) is 5.79. The minimum absolute atomic E-state index is 0.189. The van der Waals surface area contributed by atoms with E-state index in [1.807, 2.05) is 0 Å². The van der Waals surface area contributed by atoms with Crippen molar-refractivity contribution in [3.63, 3.8) is 0 Å². The van der Waals surface area contributed by atoms with Crippen LogP contribution >= 0.6 is 11.6 Å². The number of carbonyl (C=O) groups excluding carboxylic acids is 2. The molecule has 0 aromatic heterocycles. The molecule has 28 heavy (non-hydrogen) atoms. The second kappa shape index (κ2) is 8.10. The number of benzene rings is 2. The first-order chi connectivity index (χ1) is 13.3. The van der Waals surface area contributed by atoms with E-state index in [0.717, 1.165) is 6.07 Å². The Morgan fingerprint density at radius 2 is 1.93 bits per heavy atom. The number of hydrogen-bond acceptors (Lipinski definition) is 3. The monoisotopic (exact) mass is 412 g/mol. The highest BCUT2D eigenvalue weighted by Gasteiger charge is 2.36. The molecule has 1 atom stereocenters. The molecule has 2 aromatic rings. The maximum Gasteiger partial charge on any atom is 0.258 e. The molecule has 0 saturated carbocycles. The van der Waals surface area contributed by atoms with Crippen molar-refractivity contribution in [3.05, 3.63) is 58.4 Å². The van der Waals surface area contributed by atoms with Crippen molar-refractivity contribution in [2.75, 3.05) is 19.0 Å². The molecular formula is C19H16ClF3N2O3. The molecular weight excluding hydrogens is 397 g/mol. The van der Waals surface area contributed by atoms with Crippen LogP contribution in [-0.2, 0) is 4.79 Å². The molecule has 1 heterocycles. The highest BCUT2D eigenvalue weighted by molar-refractivity contribution is 6.31. The zero-order valence-electron chi connectivity index (χ0n) is 14.8. The average molecular weight is 413 g/mol. The van der Waals surface area contributed by atoms with E-state index in [-0.39, 0.29) is 5.56 Å². The molecule has 2 amide bonds. The van der Waals surface area contributed by atoms with Crippen molar-refractivity contribution in [3.8, 4) is 5.75 Å². The van der Waals surface area contributed by atoms with Gasteiger partial charge in [-0.05, 0) is 43.2 Å². The molecule has 1 saturated heterocycles. The molecule has 1 aliphatic heterocycles. The smallest absolute Gasteiger partial charge is 0.258 e. The summed E-state index contributed by atoms with van der Waals surface area (Å²) in [6, 6.07) is 5.28. The van der Waals surface area contributed by atoms with Gasteiger partial charge in [0.05, 0.1) is 18.4 Å². The van der Waals surface area contributed by atoms with Crippen molar-refractivity contribution in [2.24, 2.45) is 0 Å². The lowest BCUT2D eigenvalue weighted by atomic mass is 10.1. The van der Waals surface area contributed by atoms with Crippen LogP contribution in [-0.4, -0.2) is 36.4 Å². The summed E-state index contributed by atoms with van der Waals surface area (Å²) in [5.74, 6) is -5.41. The maximum atomic E-state index is 13.8. The lowest BCUT2D eigenvalue weighted by Gasteiger charge is -2.25. The lowest BCUT2D eigenvalue weighted by Crippen LogP contribution is -2.43. The highest BCUT2D eigenvalue weighted by Crippen LogP contribution is 2.28. The number of hydrogen-bond donors (Lipinski definition) is 1. The molecule has 0 bridgehead atoms. The second-order valence-electron chi connectivity index (χ2n) is 6.21. The third-order valence-corrected chi connectivity index (χ3v) is 4.74. The van der Waals surface area contributed by atoms with E-state index in [2.05, 4.69) is 5.32 Å². The van der Waals surface area contributed by atoms with E-state index in [0.29, 0.717) is 36.2 Å². The average Bonchev–Trinajstić information content (AvgIpc) is 3.17. The first-order valence-electron chi connectivity index (χ1n) is 8.42. The summed E-state index contributed by atoms with van der Waals surface area (Å²) >= 11 is 5.96. The predicted octanol–water partition coefficient (Wildman–Crippen LogP) is 4.01. The van der Waals surface area contributed by atoms with Gasteiger partial charge >= 0.3 is 0 Å². The molecule has 5 nitrogen and oxygen atoms in total. The topological polar surface area (TPSA) is 58.6 Å². The SMILES string of the molecule is COc1ccc(Cl)cc1C(=O)N1CCC[C@H]1C(=O)Nc1ccc(F)c(F)c1F. The van der Waals surface area contributed by atoms with Gasteiger partial charge in [0.1, 0.15) is 11.8 Å². The Labute approximate surface area is 164 Å². The van der Waals surface area contributed by atoms with E-state index in [4.69, 9.17) is 16.3 Å². The minimum Gasteiger partial charge on any atom is -0.496 e. The van der Waals surface area contributed by atoms with E-state index in [1.165, 1.54) is 24.1 Å². The van der Waals surface area contributed by atoms with Gasteiger partial charge in [0.2, 0.25) is 5.91 Å². The quantitative estimate of drug-likeness (QED) is 0.772. The van der Waals surface area contributed by atoms with Gasteiger partial charge in [0.25, 0.3) is 5.91 Å². The summed E-state index contributed by atoms with van der Waals surface area (Å²) in [7, 11) is 1.40. The highest BCUT2D eigenvalue weighted by atomic mass is 35.5. The molecule has 1 aliphatic rings. The first kappa shape index (κ1) is 20.0. The zero-order chi connectivity index (χ0) is 20.4. The van der Waals surface area contributed by atoms with Crippen LogP contribution in [0.3, 0.4) is 0 Å². The zero-order valence-corrected chi connectivity index (χ0v) is 15.5. The Morgan fingerprint density at radius 1 is 1.18 bits per heavy atom. The van der Waals surface area contributed by atoms with Crippen molar-refractivity contribution < 1.29 is 27.5 Å². The molecule has 1 N–H and O–H groups in total. The van der Waals surface area contributed by atoms with E-state index in [1.54, 1.807) is 6.07 Å². The molecule has 0 radical (unpaired) electrons. The predicted molar refractivity (Wildman–Crippen MR) is 97.0 cm³/mol. The third kappa shape index (κ3) is 3.77. The van der Waals surface area contributed by atoms with Gasteiger partial charge in [0.15, 0.2) is 17.5 Å². The van der Waals surface area contributed by atoms with Crippen LogP contribution < -0.4 is 10.1 Å². The standard InChI is InChI=1S/C19H16ClF3N2O3/c1-28-15-7-4-10(20)9-11(15)19(27)25-8-2-3-14(25)18(26)24-13-6-5-12(21)16(22)17(13)23/h4-7,9,14H,2-3,8H2,1H3,(H,24,26)/t14-/m0/s1. The van der Waals surface area contributed by atoms with Gasteiger partial charge in [-0.3, -0.25) is 9.59 Å². The molecule has 0 unspecified atom stereocenters. The maximum absolute atomic E-state index is 13.8. The second-order valence-corrected chi connectivity index (χ2v) is 6.65. The normalized spacial score (nSPS) is 16.2. The number of carbonyl (C=O) groups is 2. The minimum atomic E-state index is -1.68. The molecule has 9 heteroatoms. The van der Waals surface area contributed by atoms with Crippen LogP contribution in [0.2, 0.25) is 5.02 Å². The van der Waals surface area contributed by atoms with Gasteiger partial charge < -0.3 is 15.0 Å². The number of amides is 2. The van der Waals surface area contributed by atoms with Crippen LogP contribution in [0, 0.1) is 17.5 Å². The molecule has 1 fully saturated rings. The number of nitrogens with one attached hydrogen (secondary N) is 1. The molecule has 0 spiro atoms. The number of rotatable bonds is 4. The van der Waals surface area contributed by atoms with Crippen LogP contribution in [0.5, 0.6) is 5.75 Å². The fraction of sp³-hybridized carbons (Fsp3) is 0.263. The molecule has 148 valence electrons. The van der Waals surface area contributed by atoms with Crippen molar-refractivity contribution >= 4 is 29.1 Å². The largest absolute Gasteiger partial charge is 0.496 e. The lowest BCUT2D eigenvalue weighted by molar-refractivity contribution is -0.119. The fourth-order valence-electron chi connectivity index (χ4n) is 3.12. The first-order valence-corrected chi connectivity index (χ1v) is 8.80. The van der Waals surface area contributed by atoms with E-state index < -0.39 is 41.0 Å². The Hall–Kier alpha value is -2.74. The van der Waals surface area contributed by atoms with Crippen LogP contribution in [0.1, 0.15) is 23.2 Å². The van der Waals surface area contributed by atoms with E-state index in [9.17, 15) is 22.8 Å². The van der Waals surface area contributed by atoms with Crippen LogP contribution in [0.15, 0.2) is 30.3 Å². The number of anilines is 1. The van der Waals surface area contributed by atoms with Crippen LogP contribution in [0.25, 0.3) is 0 Å². The summed E-state index contributed by atoms with van der Waals surface area (Å²) in [5.41, 5.74) is -0.308. The van der Waals surface area contributed by atoms with Crippen molar-refractivity contribution in [1.29, 1.82) is 0 Å². The molecule has 2 aromatic carbocycles. The van der Waals surface area contributed by atoms with Crippen molar-refractivity contribution in [1.82, 2.24) is 4.90 Å². The summed E-state index contributed by atoms with van der Waals surface area (Å²) in [4.78, 5) is 26.8. The van der Waals surface area contributed by atoms with Gasteiger partial charge in [0, 0.05) is 11.6 Å². The summed E-state index contributed by atoms with van der Waals surface area (Å²) in [6.07, 6.45) is 0.888. The number of halogens is 4. The van der Waals surface area contributed by atoms with Gasteiger partial charge in [-0.15, -0.1) is 0 Å². The third-order valence-electron chi connectivity index (χ3n) is 4.50. The number of likely N-dealkylation sites (tertiary alicyclic amines) is 1. The summed E-state index contributed by atoms with van der Waals surface area (Å²) in [5, 5.41) is 2.55. The number of ether oxygens (including phenoxy) is 1. The van der Waals surface area contributed by atoms with Crippen molar-refractivity contribution in [2.45, 2.75) is 18.9 Å². The molecule has 0 aliphatic carbocycles. The Balaban J connectivity index is 1.83. The van der Waals surface area contributed by atoms with Gasteiger partial charge in [-0.2, -0.15) is 0 Å². The summed E-state index contributed by atoms with van der Waals surface area (Å²) < 4.78 is 45.4. The number of nitrogens with zero attached hydrogens (tertiary/aromatic N) is 1. The van der Waals surface area contributed by atoms with E-state index >= 15 is 0 Å². The fourth-order valence-corrected chi connectivity index (χ4v) is 3.29. The summed E-state index contributed by atoms with van der Waals surface area (Å²) in [6.45, 7) is 0.298. The van der Waals surface area contributed by atoms with Gasteiger partial charge in [-0.1, -0.05) is 11.6 Å². The Bertz CT molecular complexity index is 939. The number of methoxy groups -OCH3 is 1. The van der Waals surface area contributed by atoms with Gasteiger partial charge in [-0.25, -0.2) is 13.2 Å². The van der Waals surface area contributed by atoms with Crippen LogP contribution in [0.4, 0.5) is 18.9 Å².